The van der Waals surface area contributed by atoms with Crippen LogP contribution in [0.2, 0.25) is 0 Å². The highest BCUT2D eigenvalue weighted by molar-refractivity contribution is 7.60. The molecule has 0 radical (unpaired) electrons. The number of methoxy groups -OCH3 is 1. The minimum absolute atomic E-state index is 0.133. The molecule has 0 amide bonds. The molecule has 6 heteroatoms. The second kappa shape index (κ2) is 5.97. The van der Waals surface area contributed by atoms with Crippen molar-refractivity contribution >= 4 is 13.2 Å². The van der Waals surface area contributed by atoms with Crippen LogP contribution in [-0.4, -0.2) is 13.8 Å². The highest BCUT2D eigenvalue weighted by atomic mass is 31.2. The number of para-hydroxylation sites is 3. The van der Waals surface area contributed by atoms with Gasteiger partial charge < -0.3 is 14.3 Å². The van der Waals surface area contributed by atoms with E-state index in [0.29, 0.717) is 11.5 Å². The van der Waals surface area contributed by atoms with Gasteiger partial charge in [-0.1, -0.05) is 24.3 Å². The number of nitrogens with one attached hydrogen (secondary N) is 1. The van der Waals surface area contributed by atoms with Crippen LogP contribution in [0.15, 0.2) is 48.5 Å². The van der Waals surface area contributed by atoms with E-state index in [1.54, 1.807) is 36.4 Å². The summed E-state index contributed by atoms with van der Waals surface area (Å²) < 4.78 is 36.5. The van der Waals surface area contributed by atoms with Gasteiger partial charge in [-0.2, -0.15) is 0 Å². The Labute approximate surface area is 117 Å². The molecule has 0 aromatic heterocycles. The maximum Gasteiger partial charge on any atom is 0.338 e. The Hall–Kier alpha value is -2.00. The highest BCUT2D eigenvalue weighted by Gasteiger charge is 2.20. The summed E-state index contributed by atoms with van der Waals surface area (Å²) in [6.45, 7) is 1.38. The van der Waals surface area contributed by atoms with E-state index < -0.39 is 13.3 Å². The fourth-order valence-corrected chi connectivity index (χ4v) is 2.87. The van der Waals surface area contributed by atoms with Crippen molar-refractivity contribution in [3.05, 3.63) is 54.3 Å². The van der Waals surface area contributed by atoms with Crippen molar-refractivity contribution in [2.24, 2.45) is 0 Å². The Bertz CT molecular complexity index is 648. The second-order valence-electron chi connectivity index (χ2n) is 4.18. The summed E-state index contributed by atoms with van der Waals surface area (Å²) in [7, 11) is -1.78. The summed E-state index contributed by atoms with van der Waals surface area (Å²) in [6.07, 6.45) is 0. The van der Waals surface area contributed by atoms with Crippen LogP contribution >= 0.6 is 7.52 Å². The lowest BCUT2D eigenvalue weighted by atomic mass is 10.3. The molecular weight excluding hydrogens is 280 g/mol. The molecule has 106 valence electrons. The number of anilines is 1. The lowest BCUT2D eigenvalue weighted by molar-refractivity contribution is 0.391. The molecule has 0 aliphatic heterocycles. The average molecular weight is 295 g/mol. The lowest BCUT2D eigenvalue weighted by Crippen LogP contribution is -2.04. The molecule has 0 bridgehead atoms. The predicted molar refractivity (Wildman–Crippen MR) is 77.2 cm³/mol. The zero-order valence-corrected chi connectivity index (χ0v) is 12.1. The molecule has 1 N–H and O–H groups in total. The fourth-order valence-electron chi connectivity index (χ4n) is 1.68. The van der Waals surface area contributed by atoms with E-state index in [2.05, 4.69) is 5.09 Å². The van der Waals surface area contributed by atoms with Gasteiger partial charge in [-0.15, -0.1) is 0 Å². The Morgan fingerprint density at radius 1 is 1.05 bits per heavy atom. The predicted octanol–water partition coefficient (Wildman–Crippen LogP) is 4.15. The van der Waals surface area contributed by atoms with Crippen LogP contribution in [-0.2, 0) is 4.57 Å². The molecule has 0 saturated heterocycles. The summed E-state index contributed by atoms with van der Waals surface area (Å²) in [5, 5.41) is 2.59. The van der Waals surface area contributed by atoms with E-state index in [1.807, 2.05) is 0 Å². The molecule has 0 spiro atoms. The Balaban J connectivity index is 2.19. The third-order valence-corrected chi connectivity index (χ3v) is 3.73. The quantitative estimate of drug-likeness (QED) is 0.842. The molecule has 1 atom stereocenters. The largest absolute Gasteiger partial charge is 0.493 e. The maximum atomic E-state index is 13.5. The number of halogens is 1. The molecule has 0 fully saturated rings. The van der Waals surface area contributed by atoms with Crippen LogP contribution in [0.4, 0.5) is 10.1 Å². The van der Waals surface area contributed by atoms with Crippen LogP contribution in [0, 0.1) is 5.82 Å². The number of benzene rings is 2. The zero-order chi connectivity index (χ0) is 14.6. The number of hydrogen-bond acceptors (Lipinski definition) is 3. The topological polar surface area (TPSA) is 47.6 Å². The van der Waals surface area contributed by atoms with E-state index in [-0.39, 0.29) is 5.69 Å². The molecule has 0 saturated carbocycles. The summed E-state index contributed by atoms with van der Waals surface area (Å²) in [6, 6.07) is 12.8. The van der Waals surface area contributed by atoms with Crippen LogP contribution in [0.3, 0.4) is 0 Å². The summed E-state index contributed by atoms with van der Waals surface area (Å²) in [5.74, 6) is 0.313. The third-order valence-electron chi connectivity index (χ3n) is 2.54. The fraction of sp³-hybridized carbons (Fsp3) is 0.143. The first-order chi connectivity index (χ1) is 9.52. The van der Waals surface area contributed by atoms with Crippen LogP contribution in [0.5, 0.6) is 11.5 Å². The van der Waals surface area contributed by atoms with Crippen molar-refractivity contribution in [3.8, 4) is 11.5 Å². The van der Waals surface area contributed by atoms with Gasteiger partial charge in [0.15, 0.2) is 11.5 Å². The van der Waals surface area contributed by atoms with Gasteiger partial charge in [-0.3, -0.25) is 4.57 Å². The second-order valence-corrected chi connectivity index (χ2v) is 6.28. The third kappa shape index (κ3) is 3.52. The van der Waals surface area contributed by atoms with E-state index in [4.69, 9.17) is 9.26 Å². The Morgan fingerprint density at radius 3 is 2.30 bits per heavy atom. The van der Waals surface area contributed by atoms with Gasteiger partial charge in [0, 0.05) is 6.66 Å². The van der Waals surface area contributed by atoms with Crippen molar-refractivity contribution < 1.29 is 18.2 Å². The Kier molecular flexibility index (Phi) is 4.30. The van der Waals surface area contributed by atoms with E-state index in [9.17, 15) is 8.96 Å². The lowest BCUT2D eigenvalue weighted by Gasteiger charge is -2.19. The first-order valence-corrected chi connectivity index (χ1v) is 8.02. The first kappa shape index (κ1) is 14.4. The molecule has 0 unspecified atom stereocenters. The SMILES string of the molecule is COc1ccccc1O[P@](C)(=O)Nc1ccccc1F. The molecule has 0 heterocycles. The van der Waals surface area contributed by atoms with Crippen molar-refractivity contribution in [3.63, 3.8) is 0 Å². The first-order valence-electron chi connectivity index (χ1n) is 5.95. The van der Waals surface area contributed by atoms with Crippen molar-refractivity contribution in [2.45, 2.75) is 0 Å². The smallest absolute Gasteiger partial charge is 0.338 e. The van der Waals surface area contributed by atoms with Gasteiger partial charge in [-0.25, -0.2) is 4.39 Å². The van der Waals surface area contributed by atoms with E-state index >= 15 is 0 Å². The molecule has 20 heavy (non-hydrogen) atoms. The highest BCUT2D eigenvalue weighted by Crippen LogP contribution is 2.46. The molecule has 2 rings (SSSR count). The molecular formula is C14H15FNO3P. The molecule has 0 aliphatic carbocycles. The van der Waals surface area contributed by atoms with E-state index in [1.165, 1.54) is 25.9 Å². The van der Waals surface area contributed by atoms with Crippen molar-refractivity contribution in [2.75, 3.05) is 18.9 Å². The zero-order valence-electron chi connectivity index (χ0n) is 11.2. The van der Waals surface area contributed by atoms with Gasteiger partial charge in [0.1, 0.15) is 5.82 Å². The Morgan fingerprint density at radius 2 is 1.65 bits per heavy atom. The summed E-state index contributed by atoms with van der Waals surface area (Å²) in [4.78, 5) is 0. The van der Waals surface area contributed by atoms with Crippen LogP contribution < -0.4 is 14.3 Å². The van der Waals surface area contributed by atoms with Gasteiger partial charge in [-0.05, 0) is 24.3 Å². The number of ether oxygens (including phenoxy) is 1. The molecule has 4 nitrogen and oxygen atoms in total. The van der Waals surface area contributed by atoms with Gasteiger partial charge in [0.05, 0.1) is 12.8 Å². The minimum Gasteiger partial charge on any atom is -0.493 e. The molecule has 0 aliphatic rings. The van der Waals surface area contributed by atoms with E-state index in [0.717, 1.165) is 0 Å². The maximum absolute atomic E-state index is 13.5. The summed E-state index contributed by atoms with van der Waals surface area (Å²) in [5.41, 5.74) is 0.133. The molecule has 2 aromatic carbocycles. The minimum atomic E-state index is -3.27. The van der Waals surface area contributed by atoms with Crippen molar-refractivity contribution in [1.29, 1.82) is 0 Å². The standard InChI is InChI=1S/C14H15FNO3P/c1-18-13-9-5-6-10-14(13)19-20(2,17)16-12-8-4-3-7-11(12)15/h3-10H,1-2H3,(H,16,17)/t20-/m0/s1. The van der Waals surface area contributed by atoms with Crippen LogP contribution in [0.1, 0.15) is 0 Å². The number of rotatable bonds is 5. The summed E-state index contributed by atoms with van der Waals surface area (Å²) >= 11 is 0. The van der Waals surface area contributed by atoms with Crippen LogP contribution in [0.25, 0.3) is 0 Å². The molecule has 2 aromatic rings. The van der Waals surface area contributed by atoms with Gasteiger partial charge in [0.2, 0.25) is 0 Å². The monoisotopic (exact) mass is 295 g/mol. The average Bonchev–Trinajstić information content (AvgIpc) is 2.41. The normalized spacial score (nSPS) is 13.3. The van der Waals surface area contributed by atoms with Gasteiger partial charge in [0.25, 0.3) is 0 Å². The number of hydrogen-bond donors (Lipinski definition) is 1. The van der Waals surface area contributed by atoms with Crippen molar-refractivity contribution in [1.82, 2.24) is 0 Å². The van der Waals surface area contributed by atoms with Gasteiger partial charge >= 0.3 is 7.52 Å².